The second kappa shape index (κ2) is 14.3. The molecule has 0 aromatic heterocycles. The molecule has 47 heavy (non-hydrogen) atoms. The Bertz CT molecular complexity index is 1690. The van der Waals surface area contributed by atoms with E-state index in [0.29, 0.717) is 4.48 Å². The smallest absolute Gasteiger partial charge is 0.148 e. The fraction of sp³-hybridized carbons (Fsp3) is 0.0233. The van der Waals surface area contributed by atoms with Crippen molar-refractivity contribution in [2.45, 2.75) is 5.92 Å². The van der Waals surface area contributed by atoms with E-state index in [1.807, 2.05) is 36.4 Å². The van der Waals surface area contributed by atoms with E-state index < -0.39 is 0 Å². The SMILES string of the molecule is [O-]c1ccc(C(c2ccc(O)cc2)c2ccc(O)cc2)cc1.c1ccc([N+](c2ccccc2)(c2ccccc2)c2ccccc2)cc1. The molecule has 0 saturated heterocycles. The molecular formula is C43H35NO3. The third kappa shape index (κ3) is 6.79. The number of nitrogens with zero attached hydrogens (tertiary/aromatic N) is 1. The minimum Gasteiger partial charge on any atom is -0.872 e. The van der Waals surface area contributed by atoms with Crippen molar-refractivity contribution < 1.29 is 15.3 Å². The van der Waals surface area contributed by atoms with Gasteiger partial charge in [-0.05, 0) is 41.0 Å². The van der Waals surface area contributed by atoms with Gasteiger partial charge in [-0.1, -0.05) is 121 Å². The highest BCUT2D eigenvalue weighted by atomic mass is 16.3. The van der Waals surface area contributed by atoms with E-state index in [1.54, 1.807) is 36.4 Å². The van der Waals surface area contributed by atoms with Crippen molar-refractivity contribution in [3.63, 3.8) is 0 Å². The van der Waals surface area contributed by atoms with E-state index in [0.717, 1.165) is 16.7 Å². The van der Waals surface area contributed by atoms with Crippen LogP contribution in [0.3, 0.4) is 0 Å². The molecule has 7 rings (SSSR count). The molecule has 2 N–H and O–H groups in total. The normalized spacial score (nSPS) is 11.0. The van der Waals surface area contributed by atoms with Crippen LogP contribution in [-0.4, -0.2) is 10.2 Å². The van der Waals surface area contributed by atoms with E-state index in [2.05, 4.69) is 121 Å². The van der Waals surface area contributed by atoms with Gasteiger partial charge in [-0.15, -0.1) is 5.75 Å². The molecule has 230 valence electrons. The number of hydrogen-bond acceptors (Lipinski definition) is 3. The van der Waals surface area contributed by atoms with Crippen molar-refractivity contribution in [3.8, 4) is 17.2 Å². The average Bonchev–Trinajstić information content (AvgIpc) is 3.13. The van der Waals surface area contributed by atoms with Crippen molar-refractivity contribution in [1.29, 1.82) is 0 Å². The van der Waals surface area contributed by atoms with Crippen LogP contribution in [0.5, 0.6) is 17.2 Å². The molecule has 0 bridgehead atoms. The van der Waals surface area contributed by atoms with Crippen LogP contribution in [0.4, 0.5) is 22.7 Å². The number of phenols is 2. The van der Waals surface area contributed by atoms with Gasteiger partial charge in [0.2, 0.25) is 0 Å². The zero-order valence-electron chi connectivity index (χ0n) is 25.8. The zero-order chi connectivity index (χ0) is 32.5. The molecule has 0 fully saturated rings. The summed E-state index contributed by atoms with van der Waals surface area (Å²) in [4.78, 5) is 0. The second-order valence-electron chi connectivity index (χ2n) is 11.2. The van der Waals surface area contributed by atoms with Crippen molar-refractivity contribution in [2.24, 2.45) is 0 Å². The Balaban J connectivity index is 0.000000166. The van der Waals surface area contributed by atoms with Crippen LogP contribution >= 0.6 is 0 Å². The Morgan fingerprint density at radius 3 is 0.872 bits per heavy atom. The number of para-hydroxylation sites is 4. The highest BCUT2D eigenvalue weighted by Crippen LogP contribution is 2.50. The first-order valence-electron chi connectivity index (χ1n) is 15.5. The maximum Gasteiger partial charge on any atom is 0.148 e. The van der Waals surface area contributed by atoms with Crippen LogP contribution < -0.4 is 9.59 Å². The monoisotopic (exact) mass is 613 g/mol. The standard InChI is InChI=1S/C24H20N.C19H16O3/c1-5-13-21(14-6-1)25(22-15-7-2-8-16-22,23-17-9-3-10-18-23)24-19-11-4-12-20-24;20-16-7-1-13(2-8-16)19(14-3-9-17(21)10-4-14)15-5-11-18(22)12-6-15/h1-20H;1-12,19-22H/q+1;/p-1. The fourth-order valence-electron chi connectivity index (χ4n) is 6.07. The fourth-order valence-corrected chi connectivity index (χ4v) is 6.07. The predicted octanol–water partition coefficient (Wildman–Crippen LogP) is 10.3. The lowest BCUT2D eigenvalue weighted by Gasteiger charge is -2.37. The van der Waals surface area contributed by atoms with Crippen LogP contribution in [0.2, 0.25) is 0 Å². The summed E-state index contributed by atoms with van der Waals surface area (Å²) in [6.07, 6.45) is 0. The topological polar surface area (TPSA) is 63.5 Å². The molecule has 0 saturated carbocycles. The summed E-state index contributed by atoms with van der Waals surface area (Å²) in [5, 5.41) is 30.3. The van der Waals surface area contributed by atoms with E-state index >= 15 is 0 Å². The molecule has 0 aliphatic heterocycles. The minimum atomic E-state index is -0.0678. The van der Waals surface area contributed by atoms with Crippen molar-refractivity contribution in [3.05, 3.63) is 211 Å². The molecule has 0 unspecified atom stereocenters. The Hall–Kier alpha value is -6.10. The van der Waals surface area contributed by atoms with E-state index in [-0.39, 0.29) is 23.2 Å². The maximum absolute atomic E-state index is 11.3. The Morgan fingerprint density at radius 1 is 0.340 bits per heavy atom. The zero-order valence-corrected chi connectivity index (χ0v) is 25.8. The van der Waals surface area contributed by atoms with Crippen molar-refractivity contribution >= 4 is 22.7 Å². The summed E-state index contributed by atoms with van der Waals surface area (Å²) in [6, 6.07) is 63.5. The summed E-state index contributed by atoms with van der Waals surface area (Å²) in [7, 11) is 0. The molecule has 0 heterocycles. The number of quaternary nitrogens is 1. The molecule has 7 aromatic rings. The van der Waals surface area contributed by atoms with Gasteiger partial charge in [0.15, 0.2) is 0 Å². The summed E-state index contributed by atoms with van der Waals surface area (Å²) >= 11 is 0. The number of rotatable bonds is 7. The first-order chi connectivity index (χ1) is 23.1. The number of aromatic hydroxyl groups is 2. The van der Waals surface area contributed by atoms with E-state index in [9.17, 15) is 15.3 Å². The van der Waals surface area contributed by atoms with Gasteiger partial charge in [-0.25, -0.2) is 0 Å². The van der Waals surface area contributed by atoms with E-state index in [1.165, 1.54) is 22.7 Å². The molecule has 4 heteroatoms. The van der Waals surface area contributed by atoms with Crippen molar-refractivity contribution in [1.82, 2.24) is 4.48 Å². The lowest BCUT2D eigenvalue weighted by molar-refractivity contribution is -0.268. The average molecular weight is 614 g/mol. The molecule has 0 atom stereocenters. The first-order valence-corrected chi connectivity index (χ1v) is 15.5. The lowest BCUT2D eigenvalue weighted by Crippen LogP contribution is -2.33. The summed E-state index contributed by atoms with van der Waals surface area (Å²) < 4.78 is 0.559. The molecule has 4 nitrogen and oxygen atoms in total. The van der Waals surface area contributed by atoms with Crippen LogP contribution in [0.1, 0.15) is 22.6 Å². The third-order valence-corrected chi connectivity index (χ3v) is 8.24. The summed E-state index contributed by atoms with van der Waals surface area (Å²) in [5.41, 5.74) is 7.84. The highest BCUT2D eigenvalue weighted by Gasteiger charge is 2.38. The number of phenolic OH excluding ortho intramolecular Hbond substituents is 2. The van der Waals surface area contributed by atoms with Gasteiger partial charge < -0.3 is 15.3 Å². The summed E-state index contributed by atoms with van der Waals surface area (Å²) in [5.74, 6) is 0.326. The van der Waals surface area contributed by atoms with Gasteiger partial charge in [0.05, 0.1) is 0 Å². The third-order valence-electron chi connectivity index (χ3n) is 8.24. The second-order valence-corrected chi connectivity index (χ2v) is 11.2. The maximum atomic E-state index is 11.3. The quantitative estimate of drug-likeness (QED) is 0.139. The van der Waals surface area contributed by atoms with Crippen molar-refractivity contribution in [2.75, 3.05) is 0 Å². The van der Waals surface area contributed by atoms with Gasteiger partial charge in [0.25, 0.3) is 0 Å². The lowest BCUT2D eigenvalue weighted by atomic mass is 9.85. The predicted molar refractivity (Wildman–Crippen MR) is 190 cm³/mol. The molecule has 0 amide bonds. The van der Waals surface area contributed by atoms with E-state index in [4.69, 9.17) is 0 Å². The van der Waals surface area contributed by atoms with Gasteiger partial charge in [0.1, 0.15) is 34.2 Å². The van der Waals surface area contributed by atoms with Gasteiger partial charge in [-0.2, -0.15) is 4.48 Å². The minimum absolute atomic E-state index is 0.0288. The Kier molecular flexibility index (Phi) is 9.43. The van der Waals surface area contributed by atoms with Crippen LogP contribution in [0.15, 0.2) is 194 Å². The molecular weight excluding hydrogens is 578 g/mol. The molecule has 7 aromatic carbocycles. The molecule has 0 aliphatic carbocycles. The molecule has 0 aliphatic rings. The van der Waals surface area contributed by atoms with Crippen LogP contribution in [0.25, 0.3) is 0 Å². The van der Waals surface area contributed by atoms with Crippen LogP contribution in [0, 0.1) is 0 Å². The van der Waals surface area contributed by atoms with Crippen LogP contribution in [-0.2, 0) is 0 Å². The number of benzene rings is 7. The first kappa shape index (κ1) is 30.9. The summed E-state index contributed by atoms with van der Waals surface area (Å²) in [6.45, 7) is 0. The Morgan fingerprint density at radius 2 is 0.596 bits per heavy atom. The molecule has 0 radical (unpaired) electrons. The van der Waals surface area contributed by atoms with Gasteiger partial charge in [-0.3, -0.25) is 0 Å². The number of hydrogen-bond donors (Lipinski definition) is 2. The Labute approximate surface area is 275 Å². The van der Waals surface area contributed by atoms with Gasteiger partial charge in [0, 0.05) is 54.4 Å². The van der Waals surface area contributed by atoms with Gasteiger partial charge >= 0.3 is 0 Å². The highest BCUT2D eigenvalue weighted by molar-refractivity contribution is 5.81. The largest absolute Gasteiger partial charge is 0.872 e. The molecule has 0 spiro atoms.